The van der Waals surface area contributed by atoms with E-state index >= 15 is 0 Å². The van der Waals surface area contributed by atoms with E-state index in [4.69, 9.17) is 11.2 Å². The first-order valence-electron chi connectivity index (χ1n) is 5.78. The van der Waals surface area contributed by atoms with Crippen molar-refractivity contribution in [1.29, 1.82) is 0 Å². The van der Waals surface area contributed by atoms with Crippen LogP contribution in [0.5, 0.6) is 0 Å². The molecule has 0 amide bonds. The molecule has 1 nitrogen and oxygen atoms in total. The average Bonchev–Trinajstić information content (AvgIpc) is 2.23. The Balaban J connectivity index is 2.87. The van der Waals surface area contributed by atoms with Gasteiger partial charge in [-0.15, -0.1) is 0 Å². The fraction of sp³-hybridized carbons (Fsp3) is 0.833. The molecule has 1 aliphatic heterocycles. The second kappa shape index (κ2) is 4.73. The van der Waals surface area contributed by atoms with E-state index in [0.29, 0.717) is 12.1 Å². The molecule has 1 aliphatic rings. The topological polar surface area (TPSA) is 3.24 Å². The van der Waals surface area contributed by atoms with Crippen LogP contribution >= 0.6 is 18.0 Å². The Morgan fingerprint density at radius 3 is 1.60 bits per heavy atom. The van der Waals surface area contributed by atoms with Crippen molar-refractivity contribution in [1.82, 2.24) is 4.67 Å². The van der Waals surface area contributed by atoms with Gasteiger partial charge in [0.2, 0.25) is 0 Å². The van der Waals surface area contributed by atoms with Crippen molar-refractivity contribution in [3.05, 3.63) is 11.1 Å². The van der Waals surface area contributed by atoms with Gasteiger partial charge in [-0.05, 0) is 52.7 Å². The van der Waals surface area contributed by atoms with E-state index in [-0.39, 0.29) is 0 Å². The van der Waals surface area contributed by atoms with Crippen LogP contribution < -0.4 is 0 Å². The van der Waals surface area contributed by atoms with Gasteiger partial charge in [-0.2, -0.15) is 4.67 Å². The quantitative estimate of drug-likeness (QED) is 0.524. The van der Waals surface area contributed by atoms with Gasteiger partial charge in [0.1, 0.15) is 23.6 Å². The zero-order valence-corrected chi connectivity index (χ0v) is 12.5. The van der Waals surface area contributed by atoms with E-state index in [1.165, 1.54) is 11.1 Å². The van der Waals surface area contributed by atoms with Gasteiger partial charge in [-0.3, -0.25) is 0 Å². The predicted octanol–water partition coefficient (Wildman–Crippen LogP) is 4.54. The Bertz CT molecular complexity index is 249. The summed E-state index contributed by atoms with van der Waals surface area (Å²) in [4.78, 5) is 0. The molecule has 0 N–H and O–H groups in total. The first-order valence-corrected chi connectivity index (χ1v) is 8.80. The molecule has 0 aromatic rings. The lowest BCUT2D eigenvalue weighted by Gasteiger charge is -2.34. The van der Waals surface area contributed by atoms with Gasteiger partial charge in [-0.25, -0.2) is 0 Å². The third kappa shape index (κ3) is 2.75. The number of hydrogen-bond donors (Lipinski definition) is 0. The van der Waals surface area contributed by atoms with Crippen molar-refractivity contribution in [2.75, 3.05) is 12.3 Å². The first-order chi connectivity index (χ1) is 6.78. The molecule has 0 saturated heterocycles. The van der Waals surface area contributed by atoms with E-state index in [1.54, 1.807) is 0 Å². The molecule has 88 valence electrons. The van der Waals surface area contributed by atoms with Crippen LogP contribution in [0.4, 0.5) is 0 Å². The van der Waals surface area contributed by atoms with Gasteiger partial charge >= 0.3 is 0 Å². The number of halogens is 1. The summed E-state index contributed by atoms with van der Waals surface area (Å²) in [7, 11) is 0. The van der Waals surface area contributed by atoms with Crippen LogP contribution in [0.2, 0.25) is 0 Å². The van der Waals surface area contributed by atoms with Gasteiger partial charge < -0.3 is 0 Å². The Labute approximate surface area is 100 Å². The molecular formula is C12H24ClNP+. The number of rotatable bonds is 3. The molecule has 0 atom stereocenters. The Morgan fingerprint density at radius 1 is 1.00 bits per heavy atom. The molecule has 0 unspecified atom stereocenters. The van der Waals surface area contributed by atoms with Crippen molar-refractivity contribution in [3.63, 3.8) is 0 Å². The SMILES string of the molecule is CC1=C(C)C[P+](Cl)(N(C(C)C)C(C)C)C1. The van der Waals surface area contributed by atoms with Crippen molar-refractivity contribution >= 4 is 18.0 Å². The van der Waals surface area contributed by atoms with Crippen LogP contribution in [0.25, 0.3) is 0 Å². The molecule has 0 bridgehead atoms. The summed E-state index contributed by atoms with van der Waals surface area (Å²) in [5.41, 5.74) is 3.04. The third-order valence-corrected chi connectivity index (χ3v) is 8.07. The van der Waals surface area contributed by atoms with Crippen molar-refractivity contribution in [2.24, 2.45) is 0 Å². The van der Waals surface area contributed by atoms with E-state index in [0.717, 1.165) is 12.3 Å². The molecule has 3 heteroatoms. The highest BCUT2D eigenvalue weighted by molar-refractivity contribution is 7.97. The fourth-order valence-corrected chi connectivity index (χ4v) is 8.85. The Kier molecular flexibility index (Phi) is 4.26. The summed E-state index contributed by atoms with van der Waals surface area (Å²) in [6.07, 6.45) is 2.24. The van der Waals surface area contributed by atoms with E-state index < -0.39 is 6.77 Å². The lowest BCUT2D eigenvalue weighted by molar-refractivity contribution is 0.321. The van der Waals surface area contributed by atoms with Gasteiger partial charge in [0.15, 0.2) is 6.77 Å². The molecule has 1 rings (SSSR count). The van der Waals surface area contributed by atoms with Crippen LogP contribution in [0.15, 0.2) is 11.1 Å². The highest BCUT2D eigenvalue weighted by Crippen LogP contribution is 2.73. The van der Waals surface area contributed by atoms with E-state index in [2.05, 4.69) is 46.2 Å². The van der Waals surface area contributed by atoms with Crippen LogP contribution in [-0.4, -0.2) is 29.1 Å². The summed E-state index contributed by atoms with van der Waals surface area (Å²) in [6, 6.07) is 1.10. The first kappa shape index (κ1) is 13.5. The van der Waals surface area contributed by atoms with Crippen LogP contribution in [0, 0.1) is 0 Å². The molecule has 1 heterocycles. The van der Waals surface area contributed by atoms with Crippen LogP contribution in [0.1, 0.15) is 41.5 Å². The minimum atomic E-state index is -1.42. The number of hydrogen-bond acceptors (Lipinski definition) is 1. The van der Waals surface area contributed by atoms with E-state index in [1.807, 2.05) is 0 Å². The van der Waals surface area contributed by atoms with Crippen molar-refractivity contribution < 1.29 is 0 Å². The summed E-state index contributed by atoms with van der Waals surface area (Å²) >= 11 is 6.91. The highest BCUT2D eigenvalue weighted by Gasteiger charge is 2.50. The largest absolute Gasteiger partial charge is 0.191 e. The van der Waals surface area contributed by atoms with Gasteiger partial charge in [0.05, 0.1) is 0 Å². The molecule has 0 saturated carbocycles. The van der Waals surface area contributed by atoms with Crippen molar-refractivity contribution in [2.45, 2.75) is 53.6 Å². The number of nitrogens with zero attached hydrogens (tertiary/aromatic N) is 1. The smallest absolute Gasteiger partial charge is 0.159 e. The summed E-state index contributed by atoms with van der Waals surface area (Å²) in [6.45, 7) is 12.1. The third-order valence-electron chi connectivity index (χ3n) is 3.16. The molecule has 0 aromatic heterocycles. The minimum Gasteiger partial charge on any atom is -0.159 e. The zero-order valence-electron chi connectivity index (χ0n) is 10.8. The lowest BCUT2D eigenvalue weighted by Crippen LogP contribution is -2.36. The van der Waals surface area contributed by atoms with Gasteiger partial charge in [-0.1, -0.05) is 0 Å². The highest BCUT2D eigenvalue weighted by atomic mass is 35.7. The lowest BCUT2D eigenvalue weighted by atomic mass is 10.2. The standard InChI is InChI=1S/C12H24ClNP/c1-9(2)14(10(3)4)15(13)7-11(5)12(6)8-15/h9-10H,7-8H2,1-6H3/q+1. The maximum atomic E-state index is 6.91. The summed E-state index contributed by atoms with van der Waals surface area (Å²) < 4.78 is 2.55. The Morgan fingerprint density at radius 2 is 1.33 bits per heavy atom. The Hall–Kier alpha value is 0.420. The molecule has 0 aliphatic carbocycles. The molecule has 0 spiro atoms. The maximum Gasteiger partial charge on any atom is 0.191 e. The molecule has 0 radical (unpaired) electrons. The normalized spacial score (nSPS) is 21.2. The summed E-state index contributed by atoms with van der Waals surface area (Å²) in [5, 5.41) is 0. The van der Waals surface area contributed by atoms with Crippen molar-refractivity contribution in [3.8, 4) is 0 Å². The fourth-order valence-electron chi connectivity index (χ4n) is 2.64. The average molecular weight is 249 g/mol. The second-order valence-electron chi connectivity index (χ2n) is 5.27. The molecule has 0 fully saturated rings. The maximum absolute atomic E-state index is 6.91. The predicted molar refractivity (Wildman–Crippen MR) is 73.0 cm³/mol. The molecule has 0 aromatic carbocycles. The van der Waals surface area contributed by atoms with E-state index in [9.17, 15) is 0 Å². The number of allylic oxidation sites excluding steroid dienone is 2. The summed E-state index contributed by atoms with van der Waals surface area (Å²) in [5.74, 6) is 0. The second-order valence-corrected chi connectivity index (χ2v) is 9.89. The van der Waals surface area contributed by atoms with Crippen LogP contribution in [0.3, 0.4) is 0 Å². The molecular weight excluding hydrogens is 225 g/mol. The minimum absolute atomic E-state index is 0.550. The zero-order chi connectivity index (χ0) is 11.8. The van der Waals surface area contributed by atoms with Gasteiger partial charge in [0, 0.05) is 12.1 Å². The van der Waals surface area contributed by atoms with Gasteiger partial charge in [0.25, 0.3) is 0 Å². The molecule has 15 heavy (non-hydrogen) atoms. The monoisotopic (exact) mass is 248 g/mol. The van der Waals surface area contributed by atoms with Crippen LogP contribution in [-0.2, 0) is 0 Å².